The number of nitrogens with one attached hydrogen (secondary N) is 1. The summed E-state index contributed by atoms with van der Waals surface area (Å²) in [6.07, 6.45) is 0. The Bertz CT molecular complexity index is 800. The molecule has 3 rings (SSSR count). The summed E-state index contributed by atoms with van der Waals surface area (Å²) >= 11 is 1.07. The quantitative estimate of drug-likeness (QED) is 0.786. The third-order valence-corrected chi connectivity index (χ3v) is 3.44. The summed E-state index contributed by atoms with van der Waals surface area (Å²) in [6.45, 7) is 1.81. The van der Waals surface area contributed by atoms with Crippen LogP contribution >= 0.6 is 11.7 Å². The van der Waals surface area contributed by atoms with Gasteiger partial charge < -0.3 is 5.32 Å². The lowest BCUT2D eigenvalue weighted by atomic mass is 10.1. The number of nitrogens with zero attached hydrogens (tertiary/aromatic N) is 2. The molecule has 0 spiro atoms. The van der Waals surface area contributed by atoms with Gasteiger partial charge in [0.1, 0.15) is 16.9 Å². The lowest BCUT2D eigenvalue weighted by molar-refractivity contribution is 0.102. The van der Waals surface area contributed by atoms with Crippen LogP contribution in [-0.4, -0.2) is 14.7 Å². The molecule has 0 aliphatic rings. The number of rotatable bonds is 2. The fourth-order valence-electron chi connectivity index (χ4n) is 1.91. The first kappa shape index (κ1) is 12.7. The topological polar surface area (TPSA) is 54.9 Å². The Kier molecular flexibility index (Phi) is 3.15. The molecule has 1 amide bonds. The van der Waals surface area contributed by atoms with Gasteiger partial charge in [-0.3, -0.25) is 4.79 Å². The van der Waals surface area contributed by atoms with E-state index in [1.807, 2.05) is 6.07 Å². The number of hydrogen-bond acceptors (Lipinski definition) is 4. The van der Waals surface area contributed by atoms with Crippen molar-refractivity contribution in [3.8, 4) is 0 Å². The molecule has 6 heteroatoms. The van der Waals surface area contributed by atoms with Gasteiger partial charge in [-0.15, -0.1) is 0 Å². The first-order valence-corrected chi connectivity index (χ1v) is 6.67. The largest absolute Gasteiger partial charge is 0.320 e. The zero-order chi connectivity index (χ0) is 14.1. The Labute approximate surface area is 118 Å². The first-order valence-electron chi connectivity index (χ1n) is 5.94. The van der Waals surface area contributed by atoms with E-state index in [1.54, 1.807) is 25.1 Å². The second-order valence-electron chi connectivity index (χ2n) is 4.37. The SMILES string of the molecule is Cc1ccc(F)c(C(=O)Nc2cccc3nsnc23)c1. The van der Waals surface area contributed by atoms with Crippen LogP contribution in [0, 0.1) is 12.7 Å². The Hall–Kier alpha value is -2.34. The smallest absolute Gasteiger partial charge is 0.258 e. The van der Waals surface area contributed by atoms with Gasteiger partial charge in [-0.05, 0) is 31.2 Å². The first-order chi connectivity index (χ1) is 9.65. The highest BCUT2D eigenvalue weighted by atomic mass is 32.1. The van der Waals surface area contributed by atoms with Crippen molar-refractivity contribution in [1.82, 2.24) is 8.75 Å². The summed E-state index contributed by atoms with van der Waals surface area (Å²) in [5.41, 5.74) is 2.69. The Balaban J connectivity index is 1.96. The number of amides is 1. The van der Waals surface area contributed by atoms with E-state index >= 15 is 0 Å². The van der Waals surface area contributed by atoms with Gasteiger partial charge >= 0.3 is 0 Å². The Morgan fingerprint density at radius 1 is 1.25 bits per heavy atom. The van der Waals surface area contributed by atoms with E-state index in [-0.39, 0.29) is 5.56 Å². The van der Waals surface area contributed by atoms with Crippen molar-refractivity contribution in [3.05, 3.63) is 53.3 Å². The van der Waals surface area contributed by atoms with Crippen LogP contribution in [0.4, 0.5) is 10.1 Å². The lowest BCUT2D eigenvalue weighted by Gasteiger charge is -2.07. The van der Waals surface area contributed by atoms with Crippen molar-refractivity contribution < 1.29 is 9.18 Å². The number of aryl methyl sites for hydroxylation is 1. The van der Waals surface area contributed by atoms with E-state index < -0.39 is 11.7 Å². The van der Waals surface area contributed by atoms with Crippen molar-refractivity contribution in [2.45, 2.75) is 6.92 Å². The summed E-state index contributed by atoms with van der Waals surface area (Å²) in [5.74, 6) is -1.04. The molecule has 1 N–H and O–H groups in total. The molecule has 0 fully saturated rings. The zero-order valence-corrected chi connectivity index (χ0v) is 11.4. The van der Waals surface area contributed by atoms with Crippen LogP contribution in [0.2, 0.25) is 0 Å². The van der Waals surface area contributed by atoms with Crippen LogP contribution in [0.1, 0.15) is 15.9 Å². The van der Waals surface area contributed by atoms with Crippen molar-refractivity contribution in [2.24, 2.45) is 0 Å². The maximum absolute atomic E-state index is 13.7. The molecule has 100 valence electrons. The summed E-state index contributed by atoms with van der Waals surface area (Å²) < 4.78 is 21.9. The van der Waals surface area contributed by atoms with Gasteiger partial charge in [0, 0.05) is 0 Å². The van der Waals surface area contributed by atoms with Crippen molar-refractivity contribution >= 4 is 34.4 Å². The van der Waals surface area contributed by atoms with E-state index in [2.05, 4.69) is 14.1 Å². The molecule has 0 saturated heterocycles. The van der Waals surface area contributed by atoms with Crippen LogP contribution in [0.5, 0.6) is 0 Å². The van der Waals surface area contributed by atoms with Gasteiger partial charge in [-0.2, -0.15) is 8.75 Å². The molecule has 0 aliphatic carbocycles. The van der Waals surface area contributed by atoms with Gasteiger partial charge in [0.05, 0.1) is 23.0 Å². The van der Waals surface area contributed by atoms with Crippen molar-refractivity contribution in [1.29, 1.82) is 0 Å². The van der Waals surface area contributed by atoms with Gasteiger partial charge in [-0.25, -0.2) is 4.39 Å². The fraction of sp³-hybridized carbons (Fsp3) is 0.0714. The average molecular weight is 287 g/mol. The minimum atomic E-state index is -0.545. The molecular weight excluding hydrogens is 277 g/mol. The van der Waals surface area contributed by atoms with Crippen LogP contribution in [0.25, 0.3) is 11.0 Å². The second kappa shape index (κ2) is 4.97. The maximum Gasteiger partial charge on any atom is 0.258 e. The average Bonchev–Trinajstić information content (AvgIpc) is 2.91. The summed E-state index contributed by atoms with van der Waals surface area (Å²) in [7, 11) is 0. The molecule has 0 aliphatic heterocycles. The Morgan fingerprint density at radius 3 is 2.95 bits per heavy atom. The van der Waals surface area contributed by atoms with E-state index in [0.717, 1.165) is 17.3 Å². The monoisotopic (exact) mass is 287 g/mol. The minimum Gasteiger partial charge on any atom is -0.320 e. The number of benzene rings is 2. The number of anilines is 1. The van der Waals surface area contributed by atoms with Crippen molar-refractivity contribution in [2.75, 3.05) is 5.32 Å². The van der Waals surface area contributed by atoms with E-state index in [9.17, 15) is 9.18 Å². The van der Waals surface area contributed by atoms with Gasteiger partial charge in [0.2, 0.25) is 0 Å². The molecule has 0 bridgehead atoms. The predicted octanol–water partition coefficient (Wildman–Crippen LogP) is 3.39. The number of hydrogen-bond donors (Lipinski definition) is 1. The van der Waals surface area contributed by atoms with E-state index in [0.29, 0.717) is 16.7 Å². The highest BCUT2D eigenvalue weighted by Gasteiger charge is 2.14. The molecule has 2 aromatic carbocycles. The molecule has 4 nitrogen and oxygen atoms in total. The Morgan fingerprint density at radius 2 is 2.10 bits per heavy atom. The van der Waals surface area contributed by atoms with E-state index in [4.69, 9.17) is 0 Å². The molecular formula is C14H10FN3OS. The number of fused-ring (bicyclic) bond motifs is 1. The molecule has 0 atom stereocenters. The van der Waals surface area contributed by atoms with Gasteiger partial charge in [0.25, 0.3) is 5.91 Å². The highest BCUT2D eigenvalue weighted by Crippen LogP contribution is 2.22. The molecule has 20 heavy (non-hydrogen) atoms. The molecule has 3 aromatic rings. The summed E-state index contributed by atoms with van der Waals surface area (Å²) in [6, 6.07) is 9.72. The number of halogens is 1. The number of carbonyl (C=O) groups is 1. The minimum absolute atomic E-state index is 0.0187. The van der Waals surface area contributed by atoms with Gasteiger partial charge in [-0.1, -0.05) is 17.7 Å². The number of aromatic nitrogens is 2. The molecule has 1 heterocycles. The zero-order valence-electron chi connectivity index (χ0n) is 10.6. The molecule has 0 saturated carbocycles. The summed E-state index contributed by atoms with van der Waals surface area (Å²) in [4.78, 5) is 12.2. The van der Waals surface area contributed by atoms with Crippen LogP contribution < -0.4 is 5.32 Å². The summed E-state index contributed by atoms with van der Waals surface area (Å²) in [5, 5.41) is 2.68. The second-order valence-corrected chi connectivity index (χ2v) is 4.90. The maximum atomic E-state index is 13.7. The van der Waals surface area contributed by atoms with Crippen LogP contribution in [0.15, 0.2) is 36.4 Å². The molecule has 0 unspecified atom stereocenters. The number of carbonyl (C=O) groups excluding carboxylic acids is 1. The lowest BCUT2D eigenvalue weighted by Crippen LogP contribution is -2.14. The van der Waals surface area contributed by atoms with Gasteiger partial charge in [0.15, 0.2) is 0 Å². The molecule has 1 aromatic heterocycles. The van der Waals surface area contributed by atoms with Crippen LogP contribution in [0.3, 0.4) is 0 Å². The third kappa shape index (κ3) is 2.25. The third-order valence-electron chi connectivity index (χ3n) is 2.90. The fourth-order valence-corrected chi connectivity index (χ4v) is 2.46. The molecule has 0 radical (unpaired) electrons. The normalized spacial score (nSPS) is 10.7. The van der Waals surface area contributed by atoms with Crippen molar-refractivity contribution in [3.63, 3.8) is 0 Å². The predicted molar refractivity (Wildman–Crippen MR) is 76.5 cm³/mol. The van der Waals surface area contributed by atoms with Crippen LogP contribution in [-0.2, 0) is 0 Å². The van der Waals surface area contributed by atoms with E-state index in [1.165, 1.54) is 12.1 Å². The standard InChI is InChI=1S/C14H10FN3OS/c1-8-5-6-10(15)9(7-8)14(19)16-11-3-2-4-12-13(11)18-20-17-12/h2-7H,1H3,(H,16,19). The highest BCUT2D eigenvalue weighted by molar-refractivity contribution is 7.00.